The van der Waals surface area contributed by atoms with Crippen LogP contribution in [0.2, 0.25) is 0 Å². The maximum atomic E-state index is 10.1. The van der Waals surface area contributed by atoms with Gasteiger partial charge in [0.2, 0.25) is 0 Å². The van der Waals surface area contributed by atoms with Crippen LogP contribution >= 0.6 is 11.3 Å². The van der Waals surface area contributed by atoms with Crippen LogP contribution in [0.25, 0.3) is 0 Å². The maximum Gasteiger partial charge on any atom is 0.0884 e. The molecule has 0 radical (unpaired) electrons. The molecule has 2 heteroatoms. The summed E-state index contributed by atoms with van der Waals surface area (Å²) in [4.78, 5) is 2.46. The number of aryl methyl sites for hydroxylation is 2. The summed E-state index contributed by atoms with van der Waals surface area (Å²) in [7, 11) is 0. The molecule has 1 aromatic heterocycles. The second kappa shape index (κ2) is 5.66. The highest BCUT2D eigenvalue weighted by molar-refractivity contribution is 7.12. The van der Waals surface area contributed by atoms with Gasteiger partial charge in [-0.15, -0.1) is 11.3 Å². The molecule has 1 heterocycles. The van der Waals surface area contributed by atoms with E-state index in [9.17, 15) is 5.11 Å². The molecule has 1 nitrogen and oxygen atoms in total. The molecule has 1 unspecified atom stereocenters. The monoisotopic (exact) mass is 226 g/mol. The van der Waals surface area contributed by atoms with Gasteiger partial charge in [-0.05, 0) is 37.8 Å². The number of rotatable bonds is 5. The molecule has 0 aromatic carbocycles. The summed E-state index contributed by atoms with van der Waals surface area (Å²) < 4.78 is 0. The first kappa shape index (κ1) is 12.7. The van der Waals surface area contributed by atoms with Gasteiger partial charge in [0.05, 0.1) is 6.10 Å². The number of aliphatic hydroxyl groups excluding tert-OH is 1. The lowest BCUT2D eigenvalue weighted by atomic mass is 9.95. The molecule has 0 aliphatic carbocycles. The molecule has 1 atom stereocenters. The van der Waals surface area contributed by atoms with Gasteiger partial charge in [0, 0.05) is 9.75 Å². The van der Waals surface area contributed by atoms with Crippen molar-refractivity contribution in [1.82, 2.24) is 0 Å². The van der Waals surface area contributed by atoms with Crippen molar-refractivity contribution in [1.29, 1.82) is 0 Å². The standard InChI is InChI=1S/C13H22OS/c1-5-11(6-2)8-12(14)13-7-9(3)10(4)15-13/h7,11-12,14H,5-6,8H2,1-4H3. The summed E-state index contributed by atoms with van der Waals surface area (Å²) >= 11 is 1.74. The van der Waals surface area contributed by atoms with Gasteiger partial charge in [0.25, 0.3) is 0 Å². The fourth-order valence-corrected chi connectivity index (χ4v) is 2.86. The lowest BCUT2D eigenvalue weighted by Gasteiger charge is -2.16. The van der Waals surface area contributed by atoms with Crippen LogP contribution in [0, 0.1) is 19.8 Å². The number of hydrogen-bond donors (Lipinski definition) is 1. The van der Waals surface area contributed by atoms with Crippen LogP contribution in [0.4, 0.5) is 0 Å². The number of hydrogen-bond acceptors (Lipinski definition) is 2. The Balaban J connectivity index is 2.64. The van der Waals surface area contributed by atoms with E-state index in [2.05, 4.69) is 33.8 Å². The third-order valence-electron chi connectivity index (χ3n) is 3.22. The van der Waals surface area contributed by atoms with Gasteiger partial charge >= 0.3 is 0 Å². The third-order valence-corrected chi connectivity index (χ3v) is 4.48. The van der Waals surface area contributed by atoms with Crippen LogP contribution in [0.5, 0.6) is 0 Å². The minimum Gasteiger partial charge on any atom is -0.388 e. The quantitative estimate of drug-likeness (QED) is 0.797. The molecule has 0 saturated heterocycles. The predicted octanol–water partition coefficient (Wildman–Crippen LogP) is 4.22. The third kappa shape index (κ3) is 3.32. The van der Waals surface area contributed by atoms with Crippen molar-refractivity contribution in [2.24, 2.45) is 5.92 Å². The van der Waals surface area contributed by atoms with Gasteiger partial charge in [0.15, 0.2) is 0 Å². The van der Waals surface area contributed by atoms with E-state index in [-0.39, 0.29) is 6.10 Å². The Bertz CT molecular complexity index is 280. The van der Waals surface area contributed by atoms with Gasteiger partial charge in [-0.3, -0.25) is 0 Å². The van der Waals surface area contributed by atoms with Gasteiger partial charge in [0.1, 0.15) is 0 Å². The average Bonchev–Trinajstić information content (AvgIpc) is 2.55. The minimum atomic E-state index is -0.257. The van der Waals surface area contributed by atoms with Crippen LogP contribution in [0.3, 0.4) is 0 Å². The topological polar surface area (TPSA) is 20.2 Å². The van der Waals surface area contributed by atoms with Gasteiger partial charge < -0.3 is 5.11 Å². The van der Waals surface area contributed by atoms with Crippen molar-refractivity contribution in [3.63, 3.8) is 0 Å². The van der Waals surface area contributed by atoms with E-state index >= 15 is 0 Å². The average molecular weight is 226 g/mol. The lowest BCUT2D eigenvalue weighted by molar-refractivity contribution is 0.144. The van der Waals surface area contributed by atoms with Crippen molar-refractivity contribution < 1.29 is 5.11 Å². The normalized spacial score (nSPS) is 13.5. The Morgan fingerprint density at radius 3 is 2.27 bits per heavy atom. The molecule has 1 N–H and O–H groups in total. The zero-order chi connectivity index (χ0) is 11.4. The lowest BCUT2D eigenvalue weighted by Crippen LogP contribution is -2.04. The minimum absolute atomic E-state index is 0.257. The van der Waals surface area contributed by atoms with Crippen molar-refractivity contribution in [3.05, 3.63) is 21.4 Å². The van der Waals surface area contributed by atoms with E-state index in [1.165, 1.54) is 10.4 Å². The van der Waals surface area contributed by atoms with E-state index < -0.39 is 0 Å². The highest BCUT2D eigenvalue weighted by Gasteiger charge is 2.15. The van der Waals surface area contributed by atoms with Gasteiger partial charge in [-0.25, -0.2) is 0 Å². The van der Waals surface area contributed by atoms with Crippen LogP contribution in [-0.4, -0.2) is 5.11 Å². The molecule has 0 aliphatic heterocycles. The highest BCUT2D eigenvalue weighted by atomic mass is 32.1. The van der Waals surface area contributed by atoms with Crippen LogP contribution in [-0.2, 0) is 0 Å². The number of thiophene rings is 1. The smallest absolute Gasteiger partial charge is 0.0884 e. The van der Waals surface area contributed by atoms with Crippen molar-refractivity contribution in [2.45, 2.75) is 53.1 Å². The molecule has 0 saturated carbocycles. The van der Waals surface area contributed by atoms with E-state index in [1.54, 1.807) is 11.3 Å². The van der Waals surface area contributed by atoms with E-state index in [0.717, 1.165) is 24.1 Å². The molecule has 86 valence electrons. The predicted molar refractivity (Wildman–Crippen MR) is 67.4 cm³/mol. The maximum absolute atomic E-state index is 10.1. The summed E-state index contributed by atoms with van der Waals surface area (Å²) in [5, 5.41) is 10.1. The largest absolute Gasteiger partial charge is 0.388 e. The summed E-state index contributed by atoms with van der Waals surface area (Å²) in [6.07, 6.45) is 2.98. The Morgan fingerprint density at radius 2 is 1.87 bits per heavy atom. The fourth-order valence-electron chi connectivity index (χ4n) is 1.82. The Hall–Kier alpha value is -0.340. The zero-order valence-electron chi connectivity index (χ0n) is 10.2. The molecular formula is C13H22OS. The van der Waals surface area contributed by atoms with Gasteiger partial charge in [-0.2, -0.15) is 0 Å². The number of aliphatic hydroxyl groups is 1. The molecule has 0 spiro atoms. The molecular weight excluding hydrogens is 204 g/mol. The van der Waals surface area contributed by atoms with Crippen LogP contribution < -0.4 is 0 Å². The molecule has 0 aliphatic rings. The molecule has 1 rings (SSSR count). The van der Waals surface area contributed by atoms with Crippen molar-refractivity contribution in [3.8, 4) is 0 Å². The van der Waals surface area contributed by atoms with Crippen LogP contribution in [0.15, 0.2) is 6.07 Å². The van der Waals surface area contributed by atoms with E-state index in [1.807, 2.05) is 0 Å². The second-order valence-electron chi connectivity index (χ2n) is 4.32. The summed E-state index contributed by atoms with van der Waals surface area (Å²) in [5.41, 5.74) is 1.30. The first-order valence-corrected chi connectivity index (χ1v) is 6.65. The molecule has 0 amide bonds. The molecule has 1 aromatic rings. The summed E-state index contributed by atoms with van der Waals surface area (Å²) in [6.45, 7) is 8.63. The van der Waals surface area contributed by atoms with E-state index in [0.29, 0.717) is 5.92 Å². The summed E-state index contributed by atoms with van der Waals surface area (Å²) in [6, 6.07) is 2.13. The van der Waals surface area contributed by atoms with Crippen LogP contribution in [0.1, 0.15) is 54.5 Å². The second-order valence-corrected chi connectivity index (χ2v) is 5.61. The molecule has 0 bridgehead atoms. The molecule has 0 fully saturated rings. The SMILES string of the molecule is CCC(CC)CC(O)c1cc(C)c(C)s1. The van der Waals surface area contributed by atoms with E-state index in [4.69, 9.17) is 0 Å². The van der Waals surface area contributed by atoms with Crippen molar-refractivity contribution in [2.75, 3.05) is 0 Å². The summed E-state index contributed by atoms with van der Waals surface area (Å²) in [5.74, 6) is 0.655. The molecule has 15 heavy (non-hydrogen) atoms. The highest BCUT2D eigenvalue weighted by Crippen LogP contribution is 2.31. The Labute approximate surface area is 97.2 Å². The first-order chi connectivity index (χ1) is 7.08. The first-order valence-electron chi connectivity index (χ1n) is 5.83. The van der Waals surface area contributed by atoms with Gasteiger partial charge in [-0.1, -0.05) is 26.7 Å². The zero-order valence-corrected chi connectivity index (χ0v) is 11.0. The Kier molecular flexibility index (Phi) is 4.81. The fraction of sp³-hybridized carbons (Fsp3) is 0.692. The Morgan fingerprint density at radius 1 is 1.27 bits per heavy atom. The van der Waals surface area contributed by atoms with Crippen molar-refractivity contribution >= 4 is 11.3 Å².